The number of benzene rings is 1. The van der Waals surface area contributed by atoms with E-state index in [1.165, 1.54) is 31.1 Å². The molecule has 3 N–H and O–H groups in total. The third-order valence-electron chi connectivity index (χ3n) is 3.06. The van der Waals surface area contributed by atoms with E-state index in [0.717, 1.165) is 12.1 Å². The van der Waals surface area contributed by atoms with Gasteiger partial charge < -0.3 is 15.5 Å². The van der Waals surface area contributed by atoms with Gasteiger partial charge in [-0.15, -0.1) is 0 Å². The second kappa shape index (κ2) is 6.17. The molecule has 0 bridgehead atoms. The molecule has 1 aromatic rings. The van der Waals surface area contributed by atoms with E-state index in [1.807, 2.05) is 17.8 Å². The van der Waals surface area contributed by atoms with Gasteiger partial charge in [-0.25, -0.2) is 0 Å². The van der Waals surface area contributed by atoms with Crippen molar-refractivity contribution < 1.29 is 10.2 Å². The number of aromatic hydroxyl groups is 2. The van der Waals surface area contributed by atoms with Gasteiger partial charge in [0.2, 0.25) is 0 Å². The molecule has 0 spiro atoms. The van der Waals surface area contributed by atoms with Crippen LogP contribution in [0.1, 0.15) is 24.8 Å². The average molecular weight is 253 g/mol. The molecular weight excluding hydrogens is 234 g/mol. The van der Waals surface area contributed by atoms with E-state index in [9.17, 15) is 10.2 Å². The minimum atomic E-state index is -0.0451. The highest BCUT2D eigenvalue weighted by atomic mass is 32.2. The number of phenols is 2. The van der Waals surface area contributed by atoms with Gasteiger partial charge >= 0.3 is 0 Å². The van der Waals surface area contributed by atoms with Crippen LogP contribution in [0.15, 0.2) is 18.2 Å². The highest BCUT2D eigenvalue weighted by molar-refractivity contribution is 7.99. The molecule has 1 heterocycles. The number of phenolic OH excluding ortho intramolecular Hbond substituents is 2. The van der Waals surface area contributed by atoms with Gasteiger partial charge in [0.1, 0.15) is 0 Å². The minimum Gasteiger partial charge on any atom is -0.504 e. The van der Waals surface area contributed by atoms with Gasteiger partial charge in [0, 0.05) is 23.9 Å². The zero-order valence-electron chi connectivity index (χ0n) is 9.85. The highest BCUT2D eigenvalue weighted by Crippen LogP contribution is 2.28. The Morgan fingerprint density at radius 3 is 2.94 bits per heavy atom. The van der Waals surface area contributed by atoms with Crippen LogP contribution in [0.25, 0.3) is 0 Å². The summed E-state index contributed by atoms with van der Waals surface area (Å²) in [5.74, 6) is 1.22. The topological polar surface area (TPSA) is 52.5 Å². The summed E-state index contributed by atoms with van der Waals surface area (Å²) in [5, 5.41) is 23.1. The van der Waals surface area contributed by atoms with Crippen molar-refractivity contribution >= 4 is 11.8 Å². The van der Waals surface area contributed by atoms with Crippen LogP contribution in [0, 0.1) is 0 Å². The van der Waals surface area contributed by atoms with Gasteiger partial charge in [-0.2, -0.15) is 11.8 Å². The number of rotatable bonds is 4. The number of hydrogen-bond acceptors (Lipinski definition) is 4. The van der Waals surface area contributed by atoms with E-state index < -0.39 is 0 Å². The van der Waals surface area contributed by atoms with Crippen LogP contribution >= 0.6 is 11.8 Å². The van der Waals surface area contributed by atoms with Crippen LogP contribution < -0.4 is 5.32 Å². The molecule has 1 aromatic carbocycles. The Balaban J connectivity index is 1.79. The van der Waals surface area contributed by atoms with E-state index in [2.05, 4.69) is 5.32 Å². The van der Waals surface area contributed by atoms with Crippen molar-refractivity contribution in [1.82, 2.24) is 5.32 Å². The molecule has 0 amide bonds. The lowest BCUT2D eigenvalue weighted by molar-refractivity contribution is 0.397. The molecule has 1 atom stereocenters. The lowest BCUT2D eigenvalue weighted by Gasteiger charge is -2.21. The molecule has 3 nitrogen and oxygen atoms in total. The van der Waals surface area contributed by atoms with E-state index >= 15 is 0 Å². The van der Waals surface area contributed by atoms with Crippen molar-refractivity contribution in [2.24, 2.45) is 0 Å². The lowest BCUT2D eigenvalue weighted by atomic mass is 10.1. The molecule has 2 rings (SSSR count). The zero-order valence-corrected chi connectivity index (χ0v) is 10.7. The van der Waals surface area contributed by atoms with E-state index in [0.29, 0.717) is 11.8 Å². The van der Waals surface area contributed by atoms with Crippen molar-refractivity contribution in [3.8, 4) is 11.5 Å². The number of para-hydroxylation sites is 1. The van der Waals surface area contributed by atoms with E-state index in [-0.39, 0.29) is 11.5 Å². The molecule has 94 valence electrons. The molecule has 1 aliphatic rings. The maximum Gasteiger partial charge on any atom is 0.161 e. The van der Waals surface area contributed by atoms with Gasteiger partial charge in [-0.1, -0.05) is 18.6 Å². The first-order chi connectivity index (χ1) is 8.27. The second-order valence-corrected chi connectivity index (χ2v) is 5.81. The Bertz CT molecular complexity index is 364. The van der Waals surface area contributed by atoms with Crippen molar-refractivity contribution in [2.75, 3.05) is 12.3 Å². The molecule has 0 aliphatic carbocycles. The number of thioether (sulfide) groups is 1. The summed E-state index contributed by atoms with van der Waals surface area (Å²) in [6, 6.07) is 5.08. The summed E-state index contributed by atoms with van der Waals surface area (Å²) in [4.78, 5) is 0. The maximum atomic E-state index is 9.64. The molecule has 17 heavy (non-hydrogen) atoms. The van der Waals surface area contributed by atoms with Gasteiger partial charge in [0.15, 0.2) is 11.5 Å². The van der Waals surface area contributed by atoms with Crippen molar-refractivity contribution in [3.05, 3.63) is 23.8 Å². The quantitative estimate of drug-likeness (QED) is 0.722. The van der Waals surface area contributed by atoms with Crippen molar-refractivity contribution in [2.45, 2.75) is 31.1 Å². The molecule has 0 aromatic heterocycles. The molecule has 0 saturated carbocycles. The van der Waals surface area contributed by atoms with Crippen molar-refractivity contribution in [1.29, 1.82) is 0 Å². The minimum absolute atomic E-state index is 0.00343. The first-order valence-corrected chi connectivity index (χ1v) is 7.14. The summed E-state index contributed by atoms with van der Waals surface area (Å²) in [6.45, 7) is 1.58. The average Bonchev–Trinajstić information content (AvgIpc) is 2.36. The van der Waals surface area contributed by atoms with Gasteiger partial charge in [0.05, 0.1) is 0 Å². The number of nitrogens with one attached hydrogen (secondary N) is 1. The first kappa shape index (κ1) is 12.6. The highest BCUT2D eigenvalue weighted by Gasteiger charge is 2.13. The molecule has 1 saturated heterocycles. The van der Waals surface area contributed by atoms with Crippen LogP contribution in [-0.4, -0.2) is 27.8 Å². The molecule has 1 fully saturated rings. The first-order valence-electron chi connectivity index (χ1n) is 6.09. The summed E-state index contributed by atoms with van der Waals surface area (Å²) in [6.07, 6.45) is 3.95. The fraction of sp³-hybridized carbons (Fsp3) is 0.538. The molecule has 1 aliphatic heterocycles. The van der Waals surface area contributed by atoms with Crippen LogP contribution in [0.2, 0.25) is 0 Å². The van der Waals surface area contributed by atoms with Crippen LogP contribution in [-0.2, 0) is 6.54 Å². The Morgan fingerprint density at radius 2 is 2.18 bits per heavy atom. The van der Waals surface area contributed by atoms with Crippen molar-refractivity contribution in [3.63, 3.8) is 0 Å². The normalized spacial score (nSPS) is 20.4. The Kier molecular flexibility index (Phi) is 4.57. The Morgan fingerprint density at radius 1 is 1.29 bits per heavy atom. The summed E-state index contributed by atoms with van der Waals surface area (Å²) in [7, 11) is 0. The maximum absolute atomic E-state index is 9.64. The summed E-state index contributed by atoms with van der Waals surface area (Å²) in [5.41, 5.74) is 0.755. The Hall–Kier alpha value is -0.870. The standard InChI is InChI=1S/C13H19NO2S/c15-12-6-3-4-10(13(12)16)8-14-9-11-5-1-2-7-17-11/h3-4,6,11,14-16H,1-2,5,7-9H2. The van der Waals surface area contributed by atoms with Crippen LogP contribution in [0.5, 0.6) is 11.5 Å². The zero-order chi connectivity index (χ0) is 12.1. The SMILES string of the molecule is Oc1cccc(CNCC2CCCCS2)c1O. The monoisotopic (exact) mass is 253 g/mol. The molecular formula is C13H19NO2S. The predicted molar refractivity (Wildman–Crippen MR) is 71.6 cm³/mol. The largest absolute Gasteiger partial charge is 0.504 e. The smallest absolute Gasteiger partial charge is 0.161 e. The van der Waals surface area contributed by atoms with Crippen LogP contribution in [0.3, 0.4) is 0 Å². The summed E-state index contributed by atoms with van der Waals surface area (Å²) < 4.78 is 0. The number of hydrogen-bond donors (Lipinski definition) is 3. The third-order valence-corrected chi connectivity index (χ3v) is 4.46. The van der Waals surface area contributed by atoms with Crippen LogP contribution in [0.4, 0.5) is 0 Å². The second-order valence-electron chi connectivity index (χ2n) is 4.40. The molecule has 0 radical (unpaired) electrons. The van der Waals surface area contributed by atoms with E-state index in [1.54, 1.807) is 6.07 Å². The van der Waals surface area contributed by atoms with Gasteiger partial charge in [0.25, 0.3) is 0 Å². The van der Waals surface area contributed by atoms with Gasteiger partial charge in [-0.3, -0.25) is 0 Å². The van der Waals surface area contributed by atoms with Gasteiger partial charge in [-0.05, 0) is 24.7 Å². The lowest BCUT2D eigenvalue weighted by Crippen LogP contribution is -2.26. The molecule has 1 unspecified atom stereocenters. The predicted octanol–water partition coefficient (Wildman–Crippen LogP) is 2.47. The fourth-order valence-corrected chi connectivity index (χ4v) is 3.33. The Labute approximate surface area is 106 Å². The fourth-order valence-electron chi connectivity index (χ4n) is 2.06. The summed E-state index contributed by atoms with van der Waals surface area (Å²) >= 11 is 2.03. The molecule has 4 heteroatoms. The third kappa shape index (κ3) is 3.54. The van der Waals surface area contributed by atoms with E-state index in [4.69, 9.17) is 0 Å².